The highest BCUT2D eigenvalue weighted by molar-refractivity contribution is 5.79. The van der Waals surface area contributed by atoms with Gasteiger partial charge in [0.05, 0.1) is 25.9 Å². The first kappa shape index (κ1) is 17.5. The van der Waals surface area contributed by atoms with E-state index in [1.165, 1.54) is 0 Å². The van der Waals surface area contributed by atoms with Crippen LogP contribution in [-0.2, 0) is 9.47 Å². The molecule has 0 bridgehead atoms. The van der Waals surface area contributed by atoms with Crippen LogP contribution in [0.4, 0.5) is 0 Å². The summed E-state index contributed by atoms with van der Waals surface area (Å²) in [7, 11) is 0. The van der Waals surface area contributed by atoms with E-state index in [1.54, 1.807) is 0 Å². The van der Waals surface area contributed by atoms with Crippen LogP contribution >= 0.6 is 0 Å². The molecule has 1 atom stereocenters. The highest BCUT2D eigenvalue weighted by Crippen LogP contribution is 2.45. The molecule has 2 fully saturated rings. The lowest BCUT2D eigenvalue weighted by Gasteiger charge is -2.14. The Morgan fingerprint density at radius 3 is 2.91 bits per heavy atom. The normalized spacial score (nSPS) is 23.5. The smallest absolute Gasteiger partial charge is 0.191 e. The molecule has 1 saturated heterocycles. The van der Waals surface area contributed by atoms with Crippen molar-refractivity contribution in [2.24, 2.45) is 10.4 Å². The van der Waals surface area contributed by atoms with Crippen LogP contribution in [0.25, 0.3) is 0 Å². The van der Waals surface area contributed by atoms with Crippen molar-refractivity contribution >= 4 is 5.96 Å². The number of guanidine groups is 1. The number of hydrogen-bond donors (Lipinski definition) is 3. The van der Waals surface area contributed by atoms with Crippen molar-refractivity contribution in [2.75, 3.05) is 46.1 Å². The fraction of sp³-hybridized carbons (Fsp3) is 0.938. The SMILES string of the molecule is CCNC(=NCC1(CO)CC1)NCCCOCC1CCCO1. The molecule has 2 aliphatic rings. The van der Waals surface area contributed by atoms with Crippen LogP contribution in [0, 0.1) is 5.41 Å². The van der Waals surface area contributed by atoms with Crippen LogP contribution in [0.2, 0.25) is 0 Å². The summed E-state index contributed by atoms with van der Waals surface area (Å²) < 4.78 is 11.2. The molecule has 1 aliphatic heterocycles. The molecule has 0 amide bonds. The molecule has 0 aromatic carbocycles. The molecule has 0 aromatic heterocycles. The molecule has 6 nitrogen and oxygen atoms in total. The van der Waals surface area contributed by atoms with E-state index in [2.05, 4.69) is 22.5 Å². The lowest BCUT2D eigenvalue weighted by molar-refractivity contribution is 0.0168. The number of ether oxygens (including phenoxy) is 2. The Kier molecular flexibility index (Phi) is 7.42. The zero-order chi connectivity index (χ0) is 15.7. The largest absolute Gasteiger partial charge is 0.396 e. The predicted molar refractivity (Wildman–Crippen MR) is 87.1 cm³/mol. The Balaban J connectivity index is 1.54. The quantitative estimate of drug-likeness (QED) is 0.317. The van der Waals surface area contributed by atoms with Crippen LogP contribution in [-0.4, -0.2) is 63.2 Å². The third-order valence-corrected chi connectivity index (χ3v) is 4.29. The molecule has 128 valence electrons. The number of nitrogens with one attached hydrogen (secondary N) is 2. The number of rotatable bonds is 10. The standard InChI is InChI=1S/C16H31N3O3/c1-2-17-15(19-12-16(13-20)6-7-16)18-8-4-9-21-11-14-5-3-10-22-14/h14,20H,2-13H2,1H3,(H2,17,18,19). The molecule has 2 rings (SSSR count). The van der Waals surface area contributed by atoms with Gasteiger partial charge in [-0.15, -0.1) is 0 Å². The monoisotopic (exact) mass is 313 g/mol. The fourth-order valence-corrected chi connectivity index (χ4v) is 2.50. The van der Waals surface area contributed by atoms with E-state index in [0.29, 0.717) is 19.3 Å². The van der Waals surface area contributed by atoms with E-state index in [1.807, 2.05) is 0 Å². The first-order valence-corrected chi connectivity index (χ1v) is 8.60. The van der Waals surface area contributed by atoms with Crippen molar-refractivity contribution in [3.63, 3.8) is 0 Å². The van der Waals surface area contributed by atoms with Crippen LogP contribution in [0.1, 0.15) is 39.0 Å². The van der Waals surface area contributed by atoms with Crippen LogP contribution < -0.4 is 10.6 Å². The number of nitrogens with zero attached hydrogens (tertiary/aromatic N) is 1. The molecule has 0 aromatic rings. The van der Waals surface area contributed by atoms with Gasteiger partial charge >= 0.3 is 0 Å². The summed E-state index contributed by atoms with van der Waals surface area (Å²) in [6, 6.07) is 0. The van der Waals surface area contributed by atoms with E-state index in [0.717, 1.165) is 64.4 Å². The minimum absolute atomic E-state index is 0.0622. The third-order valence-electron chi connectivity index (χ3n) is 4.29. The lowest BCUT2D eigenvalue weighted by Crippen LogP contribution is -2.38. The van der Waals surface area contributed by atoms with Crippen LogP contribution in [0.3, 0.4) is 0 Å². The molecule has 3 N–H and O–H groups in total. The minimum atomic E-state index is 0.0622. The first-order chi connectivity index (χ1) is 10.8. The van der Waals surface area contributed by atoms with E-state index in [4.69, 9.17) is 9.47 Å². The van der Waals surface area contributed by atoms with Gasteiger partial charge in [-0.25, -0.2) is 0 Å². The van der Waals surface area contributed by atoms with Gasteiger partial charge in [0.25, 0.3) is 0 Å². The molecule has 1 aliphatic carbocycles. The minimum Gasteiger partial charge on any atom is -0.396 e. The second-order valence-electron chi connectivity index (χ2n) is 6.34. The van der Waals surface area contributed by atoms with Crippen LogP contribution in [0.5, 0.6) is 0 Å². The van der Waals surface area contributed by atoms with Gasteiger partial charge in [-0.3, -0.25) is 4.99 Å². The van der Waals surface area contributed by atoms with Gasteiger partial charge in [-0.2, -0.15) is 0 Å². The second kappa shape index (κ2) is 9.33. The Morgan fingerprint density at radius 1 is 1.41 bits per heavy atom. The molecular weight excluding hydrogens is 282 g/mol. The van der Waals surface area contributed by atoms with Crippen LogP contribution in [0.15, 0.2) is 4.99 Å². The highest BCUT2D eigenvalue weighted by Gasteiger charge is 2.41. The first-order valence-electron chi connectivity index (χ1n) is 8.60. The molecular formula is C16H31N3O3. The predicted octanol–water partition coefficient (Wildman–Crippen LogP) is 0.900. The van der Waals surface area contributed by atoms with Gasteiger partial charge in [-0.05, 0) is 39.0 Å². The van der Waals surface area contributed by atoms with Crippen molar-refractivity contribution < 1.29 is 14.6 Å². The summed E-state index contributed by atoms with van der Waals surface area (Å²) in [5.41, 5.74) is 0.0622. The molecule has 1 unspecified atom stereocenters. The van der Waals surface area contributed by atoms with Crippen molar-refractivity contribution in [1.29, 1.82) is 0 Å². The van der Waals surface area contributed by atoms with Crippen molar-refractivity contribution in [3.05, 3.63) is 0 Å². The zero-order valence-corrected chi connectivity index (χ0v) is 13.8. The number of aliphatic hydroxyl groups excluding tert-OH is 1. The average molecular weight is 313 g/mol. The summed E-state index contributed by atoms with van der Waals surface area (Å²) in [4.78, 5) is 4.57. The van der Waals surface area contributed by atoms with Gasteiger partial charge in [0.2, 0.25) is 0 Å². The topological polar surface area (TPSA) is 75.1 Å². The van der Waals surface area contributed by atoms with E-state index in [9.17, 15) is 5.11 Å². The molecule has 1 saturated carbocycles. The Morgan fingerprint density at radius 2 is 2.27 bits per heavy atom. The van der Waals surface area contributed by atoms with E-state index < -0.39 is 0 Å². The van der Waals surface area contributed by atoms with Gasteiger partial charge < -0.3 is 25.2 Å². The molecule has 1 heterocycles. The maximum Gasteiger partial charge on any atom is 0.191 e. The van der Waals surface area contributed by atoms with Crippen molar-refractivity contribution in [2.45, 2.75) is 45.1 Å². The highest BCUT2D eigenvalue weighted by atomic mass is 16.5. The maximum absolute atomic E-state index is 9.33. The number of aliphatic imine (C=N–C) groups is 1. The third kappa shape index (κ3) is 6.10. The van der Waals surface area contributed by atoms with Gasteiger partial charge in [0.15, 0.2) is 5.96 Å². The zero-order valence-electron chi connectivity index (χ0n) is 13.8. The summed E-state index contributed by atoms with van der Waals surface area (Å²) in [5.74, 6) is 0.835. The fourth-order valence-electron chi connectivity index (χ4n) is 2.50. The maximum atomic E-state index is 9.33. The summed E-state index contributed by atoms with van der Waals surface area (Å²) in [5, 5.41) is 15.9. The number of hydrogen-bond acceptors (Lipinski definition) is 4. The second-order valence-corrected chi connectivity index (χ2v) is 6.34. The Hall–Kier alpha value is -0.850. The molecule has 0 spiro atoms. The molecule has 22 heavy (non-hydrogen) atoms. The van der Waals surface area contributed by atoms with Gasteiger partial charge in [0.1, 0.15) is 0 Å². The summed E-state index contributed by atoms with van der Waals surface area (Å²) in [6.45, 7) is 7.02. The Labute approximate surface area is 133 Å². The Bertz CT molecular complexity index is 340. The summed E-state index contributed by atoms with van der Waals surface area (Å²) in [6.07, 6.45) is 5.71. The molecule has 0 radical (unpaired) electrons. The summed E-state index contributed by atoms with van der Waals surface area (Å²) >= 11 is 0. The van der Waals surface area contributed by atoms with E-state index in [-0.39, 0.29) is 12.0 Å². The van der Waals surface area contributed by atoms with Gasteiger partial charge in [0, 0.05) is 31.7 Å². The van der Waals surface area contributed by atoms with Crippen molar-refractivity contribution in [3.8, 4) is 0 Å². The average Bonchev–Trinajstić information content (AvgIpc) is 3.13. The van der Waals surface area contributed by atoms with Crippen molar-refractivity contribution in [1.82, 2.24) is 10.6 Å². The van der Waals surface area contributed by atoms with Gasteiger partial charge in [-0.1, -0.05) is 0 Å². The van der Waals surface area contributed by atoms with E-state index >= 15 is 0 Å². The lowest BCUT2D eigenvalue weighted by atomic mass is 10.1. The number of aliphatic hydroxyl groups is 1. The molecule has 6 heteroatoms.